The number of piperazine rings is 1. The maximum atomic E-state index is 9.22. The minimum absolute atomic E-state index is 0.244. The third-order valence-electron chi connectivity index (χ3n) is 4.71. The van der Waals surface area contributed by atoms with E-state index in [1.165, 1.54) is 38.9 Å². The van der Waals surface area contributed by atoms with E-state index in [0.717, 1.165) is 19.0 Å². The Kier molecular flexibility index (Phi) is 5.42. The molecule has 0 amide bonds. The first-order valence-corrected chi connectivity index (χ1v) is 7.50. The van der Waals surface area contributed by atoms with E-state index in [1.807, 2.05) is 7.05 Å². The lowest BCUT2D eigenvalue weighted by molar-refractivity contribution is 0.0128. The third kappa shape index (κ3) is 3.44. The van der Waals surface area contributed by atoms with Gasteiger partial charge in [0, 0.05) is 37.8 Å². The van der Waals surface area contributed by atoms with Crippen LogP contribution in [-0.2, 0) is 0 Å². The van der Waals surface area contributed by atoms with Crippen LogP contribution in [0.15, 0.2) is 0 Å². The van der Waals surface area contributed by atoms with Gasteiger partial charge in [-0.3, -0.25) is 9.80 Å². The topological polar surface area (TPSA) is 38.7 Å². The zero-order valence-corrected chi connectivity index (χ0v) is 11.9. The van der Waals surface area contributed by atoms with Crippen molar-refractivity contribution in [3.8, 4) is 0 Å². The van der Waals surface area contributed by atoms with E-state index in [2.05, 4.69) is 22.0 Å². The molecule has 0 aliphatic carbocycles. The quantitative estimate of drug-likeness (QED) is 0.751. The zero-order valence-electron chi connectivity index (χ0n) is 11.9. The van der Waals surface area contributed by atoms with Crippen LogP contribution in [-0.4, -0.2) is 72.9 Å². The molecule has 2 rings (SSSR count). The summed E-state index contributed by atoms with van der Waals surface area (Å²) < 4.78 is 0. The molecular weight excluding hydrogens is 226 g/mol. The van der Waals surface area contributed by atoms with Crippen LogP contribution >= 0.6 is 0 Å². The minimum Gasteiger partial charge on any atom is -0.395 e. The van der Waals surface area contributed by atoms with E-state index in [4.69, 9.17) is 0 Å². The van der Waals surface area contributed by atoms with Crippen molar-refractivity contribution in [1.29, 1.82) is 0 Å². The second-order valence-corrected chi connectivity index (χ2v) is 5.95. The molecule has 3 atom stereocenters. The van der Waals surface area contributed by atoms with E-state index in [-0.39, 0.29) is 12.6 Å². The SMILES string of the molecule is CNC(CO)CCN1CC2CCCCN2CC1C. The summed E-state index contributed by atoms with van der Waals surface area (Å²) >= 11 is 0. The molecule has 2 saturated heterocycles. The Labute approximate surface area is 111 Å². The first-order valence-electron chi connectivity index (χ1n) is 7.50. The van der Waals surface area contributed by atoms with Crippen molar-refractivity contribution in [3.63, 3.8) is 0 Å². The summed E-state index contributed by atoms with van der Waals surface area (Å²) in [5.74, 6) is 0. The Bertz CT molecular complexity index is 245. The number of piperidine rings is 1. The van der Waals surface area contributed by atoms with Crippen molar-refractivity contribution < 1.29 is 5.11 Å². The number of aliphatic hydroxyl groups is 1. The highest BCUT2D eigenvalue weighted by molar-refractivity contribution is 4.89. The molecule has 0 radical (unpaired) electrons. The number of nitrogens with zero attached hydrogens (tertiary/aromatic N) is 2. The summed E-state index contributed by atoms with van der Waals surface area (Å²) in [4.78, 5) is 5.30. The molecule has 0 aromatic rings. The van der Waals surface area contributed by atoms with Crippen molar-refractivity contribution in [1.82, 2.24) is 15.1 Å². The van der Waals surface area contributed by atoms with Crippen LogP contribution in [0.2, 0.25) is 0 Å². The highest BCUT2D eigenvalue weighted by Gasteiger charge is 2.32. The van der Waals surface area contributed by atoms with Crippen molar-refractivity contribution in [2.45, 2.75) is 50.7 Å². The molecule has 0 aromatic carbocycles. The van der Waals surface area contributed by atoms with Crippen LogP contribution in [0, 0.1) is 0 Å². The number of fused-ring (bicyclic) bond motifs is 1. The predicted octanol–water partition coefficient (Wildman–Crippen LogP) is 0.515. The maximum absolute atomic E-state index is 9.22. The van der Waals surface area contributed by atoms with Crippen LogP contribution in [0.25, 0.3) is 0 Å². The van der Waals surface area contributed by atoms with E-state index >= 15 is 0 Å². The lowest BCUT2D eigenvalue weighted by Gasteiger charge is -2.47. The van der Waals surface area contributed by atoms with Gasteiger partial charge < -0.3 is 10.4 Å². The Morgan fingerprint density at radius 1 is 1.33 bits per heavy atom. The Morgan fingerprint density at radius 2 is 2.17 bits per heavy atom. The molecule has 0 bridgehead atoms. The number of rotatable bonds is 5. The van der Waals surface area contributed by atoms with Gasteiger partial charge in [-0.2, -0.15) is 0 Å². The zero-order chi connectivity index (χ0) is 13.0. The average molecular weight is 255 g/mol. The van der Waals surface area contributed by atoms with Crippen LogP contribution in [0.1, 0.15) is 32.6 Å². The van der Waals surface area contributed by atoms with Gasteiger partial charge in [-0.1, -0.05) is 6.42 Å². The first kappa shape index (κ1) is 14.3. The summed E-state index contributed by atoms with van der Waals surface area (Å²) in [6.45, 7) is 7.46. The smallest absolute Gasteiger partial charge is 0.0585 e. The lowest BCUT2D eigenvalue weighted by atomic mass is 9.97. The number of hydrogen-bond donors (Lipinski definition) is 2. The van der Waals surface area contributed by atoms with Crippen LogP contribution < -0.4 is 5.32 Å². The Morgan fingerprint density at radius 3 is 2.89 bits per heavy atom. The second-order valence-electron chi connectivity index (χ2n) is 5.95. The standard InChI is InChI=1S/C14H29N3O/c1-12-9-17-7-4-3-5-14(17)10-16(12)8-6-13(11-18)15-2/h12-15,18H,3-11H2,1-2H3. The Hall–Kier alpha value is -0.160. The first-order chi connectivity index (χ1) is 8.74. The minimum atomic E-state index is 0.244. The summed E-state index contributed by atoms with van der Waals surface area (Å²) in [5.41, 5.74) is 0. The van der Waals surface area contributed by atoms with E-state index in [0.29, 0.717) is 6.04 Å². The van der Waals surface area contributed by atoms with Gasteiger partial charge in [-0.05, 0) is 39.8 Å². The third-order valence-corrected chi connectivity index (χ3v) is 4.71. The summed E-state index contributed by atoms with van der Waals surface area (Å²) in [6, 6.07) is 1.70. The predicted molar refractivity (Wildman–Crippen MR) is 74.8 cm³/mol. The van der Waals surface area contributed by atoms with Crippen LogP contribution in [0.4, 0.5) is 0 Å². The molecule has 2 aliphatic rings. The largest absolute Gasteiger partial charge is 0.395 e. The molecule has 3 unspecified atom stereocenters. The molecule has 0 aromatic heterocycles. The molecule has 2 aliphatic heterocycles. The molecular formula is C14H29N3O. The molecule has 2 heterocycles. The van der Waals surface area contributed by atoms with Gasteiger partial charge in [0.25, 0.3) is 0 Å². The fourth-order valence-corrected chi connectivity index (χ4v) is 3.37. The Balaban J connectivity index is 1.81. The summed E-state index contributed by atoms with van der Waals surface area (Å²) in [7, 11) is 1.93. The number of likely N-dealkylation sites (N-methyl/N-ethyl adjacent to an activating group) is 1. The van der Waals surface area contributed by atoms with E-state index in [1.54, 1.807) is 0 Å². The number of nitrogens with one attached hydrogen (secondary N) is 1. The highest BCUT2D eigenvalue weighted by Crippen LogP contribution is 2.24. The van der Waals surface area contributed by atoms with Crippen molar-refractivity contribution in [2.24, 2.45) is 0 Å². The number of aliphatic hydroxyl groups excluding tert-OH is 1. The highest BCUT2D eigenvalue weighted by atomic mass is 16.3. The van der Waals surface area contributed by atoms with E-state index in [9.17, 15) is 5.11 Å². The lowest BCUT2D eigenvalue weighted by Crippen LogP contribution is -2.59. The van der Waals surface area contributed by atoms with Crippen molar-refractivity contribution >= 4 is 0 Å². The van der Waals surface area contributed by atoms with E-state index < -0.39 is 0 Å². The molecule has 2 N–H and O–H groups in total. The molecule has 0 saturated carbocycles. The van der Waals surface area contributed by atoms with Gasteiger partial charge >= 0.3 is 0 Å². The molecule has 18 heavy (non-hydrogen) atoms. The summed E-state index contributed by atoms with van der Waals surface area (Å²) in [6.07, 6.45) is 5.21. The molecule has 2 fully saturated rings. The molecule has 106 valence electrons. The molecule has 4 heteroatoms. The fraction of sp³-hybridized carbons (Fsp3) is 1.00. The van der Waals surface area contributed by atoms with Crippen LogP contribution in [0.3, 0.4) is 0 Å². The monoisotopic (exact) mass is 255 g/mol. The maximum Gasteiger partial charge on any atom is 0.0585 e. The van der Waals surface area contributed by atoms with Gasteiger partial charge in [-0.25, -0.2) is 0 Å². The number of hydrogen-bond acceptors (Lipinski definition) is 4. The van der Waals surface area contributed by atoms with Crippen molar-refractivity contribution in [2.75, 3.05) is 39.8 Å². The van der Waals surface area contributed by atoms with Crippen LogP contribution in [0.5, 0.6) is 0 Å². The van der Waals surface area contributed by atoms with Gasteiger partial charge in [0.05, 0.1) is 6.61 Å². The van der Waals surface area contributed by atoms with Crippen molar-refractivity contribution in [3.05, 3.63) is 0 Å². The second kappa shape index (κ2) is 6.85. The van der Waals surface area contributed by atoms with Gasteiger partial charge in [0.1, 0.15) is 0 Å². The average Bonchev–Trinajstić information content (AvgIpc) is 2.40. The summed E-state index contributed by atoms with van der Waals surface area (Å²) in [5, 5.41) is 12.4. The molecule has 0 spiro atoms. The van der Waals surface area contributed by atoms with Gasteiger partial charge in [-0.15, -0.1) is 0 Å². The van der Waals surface area contributed by atoms with Gasteiger partial charge in [0.15, 0.2) is 0 Å². The molecule has 4 nitrogen and oxygen atoms in total. The fourth-order valence-electron chi connectivity index (χ4n) is 3.37. The normalized spacial score (nSPS) is 32.2. The van der Waals surface area contributed by atoms with Gasteiger partial charge in [0.2, 0.25) is 0 Å².